The van der Waals surface area contributed by atoms with E-state index in [0.717, 1.165) is 19.5 Å². The standard InChI is InChI=1S/C22H24N2/c1-16-4-7-18(8-5-16)10-13-24-21-9-6-17(2)14-19(21)20-15-23(3)12-11-22(20)24/h4-10,13-14H,11-12,15H2,1-3H3/b13-10+. The van der Waals surface area contributed by atoms with Crippen molar-refractivity contribution in [3.8, 4) is 0 Å². The zero-order chi connectivity index (χ0) is 16.7. The van der Waals surface area contributed by atoms with Crippen molar-refractivity contribution in [1.29, 1.82) is 0 Å². The maximum absolute atomic E-state index is 2.41. The Bertz CT molecular complexity index is 913. The molecule has 0 saturated heterocycles. The van der Waals surface area contributed by atoms with Gasteiger partial charge in [0.25, 0.3) is 0 Å². The Kier molecular flexibility index (Phi) is 3.78. The summed E-state index contributed by atoms with van der Waals surface area (Å²) < 4.78 is 2.40. The van der Waals surface area contributed by atoms with Gasteiger partial charge >= 0.3 is 0 Å². The normalized spacial score (nSPS) is 15.3. The molecule has 0 amide bonds. The van der Waals surface area contributed by atoms with Crippen molar-refractivity contribution in [1.82, 2.24) is 9.47 Å². The average Bonchev–Trinajstić information content (AvgIpc) is 2.87. The third kappa shape index (κ3) is 2.67. The second kappa shape index (κ2) is 5.95. The molecular weight excluding hydrogens is 292 g/mol. The summed E-state index contributed by atoms with van der Waals surface area (Å²) in [5.74, 6) is 0. The fraction of sp³-hybridized carbons (Fsp3) is 0.273. The van der Waals surface area contributed by atoms with E-state index in [2.05, 4.69) is 85.1 Å². The van der Waals surface area contributed by atoms with Gasteiger partial charge in [-0.3, -0.25) is 0 Å². The smallest absolute Gasteiger partial charge is 0.0528 e. The van der Waals surface area contributed by atoms with Crippen LogP contribution in [-0.2, 0) is 13.0 Å². The van der Waals surface area contributed by atoms with Gasteiger partial charge in [0.15, 0.2) is 0 Å². The van der Waals surface area contributed by atoms with Crippen LogP contribution in [0.3, 0.4) is 0 Å². The molecule has 1 aliphatic rings. The van der Waals surface area contributed by atoms with Gasteiger partial charge in [-0.1, -0.05) is 41.5 Å². The summed E-state index contributed by atoms with van der Waals surface area (Å²) in [4.78, 5) is 2.41. The summed E-state index contributed by atoms with van der Waals surface area (Å²) in [6.45, 7) is 6.47. The molecule has 0 atom stereocenters. The third-order valence-electron chi connectivity index (χ3n) is 5.03. The van der Waals surface area contributed by atoms with Crippen molar-refractivity contribution < 1.29 is 0 Å². The molecule has 2 heterocycles. The zero-order valence-corrected chi connectivity index (χ0v) is 14.7. The highest BCUT2D eigenvalue weighted by molar-refractivity contribution is 5.89. The van der Waals surface area contributed by atoms with Crippen molar-refractivity contribution >= 4 is 23.2 Å². The molecule has 0 N–H and O–H groups in total. The van der Waals surface area contributed by atoms with Gasteiger partial charge in [0.2, 0.25) is 0 Å². The number of nitrogens with zero attached hydrogens (tertiary/aromatic N) is 2. The van der Waals surface area contributed by atoms with Crippen LogP contribution in [0.1, 0.15) is 27.9 Å². The van der Waals surface area contributed by atoms with Gasteiger partial charge in [0.1, 0.15) is 0 Å². The van der Waals surface area contributed by atoms with Crippen molar-refractivity contribution in [2.24, 2.45) is 0 Å². The van der Waals surface area contributed by atoms with Crippen LogP contribution in [0.2, 0.25) is 0 Å². The molecule has 4 rings (SSSR count). The van der Waals surface area contributed by atoms with E-state index < -0.39 is 0 Å². The lowest BCUT2D eigenvalue weighted by Gasteiger charge is -2.23. The van der Waals surface area contributed by atoms with Gasteiger partial charge in [-0.05, 0) is 50.2 Å². The summed E-state index contributed by atoms with van der Waals surface area (Å²) in [5, 5.41) is 1.41. The molecule has 2 aromatic carbocycles. The Balaban J connectivity index is 1.84. The van der Waals surface area contributed by atoms with E-state index in [-0.39, 0.29) is 0 Å². The molecule has 1 aromatic heterocycles. The van der Waals surface area contributed by atoms with Crippen LogP contribution in [0.4, 0.5) is 0 Å². The topological polar surface area (TPSA) is 8.17 Å². The summed E-state index contributed by atoms with van der Waals surface area (Å²) in [6, 6.07) is 15.5. The van der Waals surface area contributed by atoms with Crippen LogP contribution >= 0.6 is 0 Å². The predicted molar refractivity (Wildman–Crippen MR) is 103 cm³/mol. The van der Waals surface area contributed by atoms with Crippen LogP contribution in [0, 0.1) is 13.8 Å². The van der Waals surface area contributed by atoms with Crippen molar-refractivity contribution in [2.75, 3.05) is 13.6 Å². The van der Waals surface area contributed by atoms with E-state index >= 15 is 0 Å². The van der Waals surface area contributed by atoms with Crippen molar-refractivity contribution in [3.05, 3.63) is 70.4 Å². The minimum Gasteiger partial charge on any atom is -0.320 e. The summed E-state index contributed by atoms with van der Waals surface area (Å²) in [5.41, 5.74) is 8.17. The van der Waals surface area contributed by atoms with Gasteiger partial charge < -0.3 is 9.47 Å². The molecule has 0 unspecified atom stereocenters. The fourth-order valence-corrected chi connectivity index (χ4v) is 3.65. The minimum atomic E-state index is 1.04. The number of hydrogen-bond acceptors (Lipinski definition) is 1. The molecule has 0 fully saturated rings. The number of rotatable bonds is 2. The molecule has 1 aliphatic heterocycles. The van der Waals surface area contributed by atoms with Crippen LogP contribution in [0.25, 0.3) is 23.2 Å². The number of benzene rings is 2. The Morgan fingerprint density at radius 2 is 1.71 bits per heavy atom. The Hall–Kier alpha value is -2.32. The van der Waals surface area contributed by atoms with Gasteiger partial charge in [0, 0.05) is 36.8 Å². The molecule has 0 radical (unpaired) electrons. The molecule has 3 aromatic rings. The van der Waals surface area contributed by atoms with E-state index in [4.69, 9.17) is 0 Å². The third-order valence-corrected chi connectivity index (χ3v) is 5.03. The van der Waals surface area contributed by atoms with Gasteiger partial charge in [-0.15, -0.1) is 0 Å². The second-order valence-electron chi connectivity index (χ2n) is 7.03. The highest BCUT2D eigenvalue weighted by Gasteiger charge is 2.21. The van der Waals surface area contributed by atoms with E-state index in [1.807, 2.05) is 0 Å². The fourth-order valence-electron chi connectivity index (χ4n) is 3.65. The van der Waals surface area contributed by atoms with Crippen LogP contribution in [0.5, 0.6) is 0 Å². The number of aromatic nitrogens is 1. The quantitative estimate of drug-likeness (QED) is 0.654. The minimum absolute atomic E-state index is 1.04. The maximum Gasteiger partial charge on any atom is 0.0528 e. The SMILES string of the molecule is Cc1ccc(/C=C/n2c3c(c4cc(C)ccc42)CN(C)CC3)cc1. The van der Waals surface area contributed by atoms with Gasteiger partial charge in [-0.25, -0.2) is 0 Å². The Morgan fingerprint density at radius 1 is 0.958 bits per heavy atom. The first-order chi connectivity index (χ1) is 11.6. The van der Waals surface area contributed by atoms with E-state index in [0.29, 0.717) is 0 Å². The predicted octanol–water partition coefficient (Wildman–Crippen LogP) is 4.87. The molecule has 0 bridgehead atoms. The lowest BCUT2D eigenvalue weighted by molar-refractivity contribution is 0.312. The largest absolute Gasteiger partial charge is 0.320 e. The highest BCUT2D eigenvalue weighted by atomic mass is 15.1. The van der Waals surface area contributed by atoms with Crippen molar-refractivity contribution in [2.45, 2.75) is 26.8 Å². The Morgan fingerprint density at radius 3 is 2.50 bits per heavy atom. The second-order valence-corrected chi connectivity index (χ2v) is 7.03. The van der Waals surface area contributed by atoms with Crippen molar-refractivity contribution in [3.63, 3.8) is 0 Å². The van der Waals surface area contributed by atoms with Gasteiger partial charge in [-0.2, -0.15) is 0 Å². The molecule has 122 valence electrons. The molecule has 0 aliphatic carbocycles. The Labute approximate surface area is 144 Å². The summed E-state index contributed by atoms with van der Waals surface area (Å²) in [6.07, 6.45) is 5.57. The maximum atomic E-state index is 2.41. The molecular formula is C22H24N2. The summed E-state index contributed by atoms with van der Waals surface area (Å²) >= 11 is 0. The lowest BCUT2D eigenvalue weighted by atomic mass is 10.0. The first kappa shape index (κ1) is 15.2. The van der Waals surface area contributed by atoms with E-state index in [1.165, 1.54) is 38.9 Å². The molecule has 0 saturated carbocycles. The van der Waals surface area contributed by atoms with Crippen LogP contribution < -0.4 is 0 Å². The monoisotopic (exact) mass is 316 g/mol. The number of aryl methyl sites for hydroxylation is 2. The number of likely N-dealkylation sites (N-methyl/N-ethyl adjacent to an activating group) is 1. The first-order valence-electron chi connectivity index (χ1n) is 8.67. The average molecular weight is 316 g/mol. The van der Waals surface area contributed by atoms with E-state index in [9.17, 15) is 0 Å². The number of fused-ring (bicyclic) bond motifs is 3. The van der Waals surface area contributed by atoms with Gasteiger partial charge in [0.05, 0.1) is 5.52 Å². The van der Waals surface area contributed by atoms with Crippen LogP contribution in [-0.4, -0.2) is 23.1 Å². The number of hydrogen-bond donors (Lipinski definition) is 0. The molecule has 2 nitrogen and oxygen atoms in total. The zero-order valence-electron chi connectivity index (χ0n) is 14.7. The highest BCUT2D eigenvalue weighted by Crippen LogP contribution is 2.31. The molecule has 24 heavy (non-hydrogen) atoms. The lowest BCUT2D eigenvalue weighted by Crippen LogP contribution is -2.26. The van der Waals surface area contributed by atoms with E-state index in [1.54, 1.807) is 0 Å². The van der Waals surface area contributed by atoms with Crippen LogP contribution in [0.15, 0.2) is 42.5 Å². The first-order valence-corrected chi connectivity index (χ1v) is 8.67. The molecule has 2 heteroatoms. The summed E-state index contributed by atoms with van der Waals surface area (Å²) in [7, 11) is 2.21. The molecule has 0 spiro atoms.